The van der Waals surface area contributed by atoms with Crippen molar-refractivity contribution in [2.24, 2.45) is 5.92 Å². The van der Waals surface area contributed by atoms with Crippen molar-refractivity contribution in [3.05, 3.63) is 29.3 Å². The van der Waals surface area contributed by atoms with Crippen LogP contribution in [0, 0.1) is 5.92 Å². The van der Waals surface area contributed by atoms with Crippen molar-refractivity contribution >= 4 is 27.5 Å². The molecule has 6 nitrogen and oxygen atoms in total. The summed E-state index contributed by atoms with van der Waals surface area (Å²) in [5.41, 5.74) is 0. The molecule has 0 N–H and O–H groups in total. The van der Waals surface area contributed by atoms with Crippen LogP contribution in [0.1, 0.15) is 25.7 Å². The Hall–Kier alpha value is -1.15. The Morgan fingerprint density at radius 1 is 1.07 bits per heavy atom. The second-order valence-corrected chi connectivity index (χ2v) is 10.1. The van der Waals surface area contributed by atoms with Crippen molar-refractivity contribution in [1.82, 2.24) is 14.1 Å². The molecule has 27 heavy (non-hydrogen) atoms. The molecule has 2 atom stereocenters. The maximum absolute atomic E-state index is 13.0. The van der Waals surface area contributed by atoms with Gasteiger partial charge in [-0.1, -0.05) is 11.6 Å². The highest BCUT2D eigenvalue weighted by atomic mass is 35.5. The van der Waals surface area contributed by atoms with E-state index in [9.17, 15) is 13.2 Å². The molecule has 150 valence electrons. The van der Waals surface area contributed by atoms with E-state index >= 15 is 0 Å². The standard InChI is InChI=1S/C19H28ClN3O3S/c1-21(2)17-6-4-11-22(14-17)19(24)15-5-3-12-23(13-15)27(25,26)18-9-7-16(20)8-10-18/h7-10,15,17H,3-6,11-14H2,1-2H3. The lowest BCUT2D eigenvalue weighted by Gasteiger charge is -2.39. The molecular weight excluding hydrogens is 386 g/mol. The van der Waals surface area contributed by atoms with Crippen molar-refractivity contribution in [3.63, 3.8) is 0 Å². The van der Waals surface area contributed by atoms with Crippen LogP contribution in [0.5, 0.6) is 0 Å². The summed E-state index contributed by atoms with van der Waals surface area (Å²) >= 11 is 5.87. The van der Waals surface area contributed by atoms with Gasteiger partial charge >= 0.3 is 0 Å². The fourth-order valence-corrected chi connectivity index (χ4v) is 5.60. The van der Waals surface area contributed by atoms with Gasteiger partial charge in [0.1, 0.15) is 0 Å². The van der Waals surface area contributed by atoms with Gasteiger partial charge in [-0.25, -0.2) is 8.42 Å². The molecule has 2 fully saturated rings. The predicted octanol–water partition coefficient (Wildman–Crippen LogP) is 2.29. The van der Waals surface area contributed by atoms with Crippen LogP contribution in [0.3, 0.4) is 0 Å². The van der Waals surface area contributed by atoms with Crippen LogP contribution in [-0.4, -0.2) is 74.7 Å². The van der Waals surface area contributed by atoms with Crippen LogP contribution < -0.4 is 0 Å². The molecule has 0 bridgehead atoms. The zero-order valence-electron chi connectivity index (χ0n) is 16.0. The Balaban J connectivity index is 1.70. The molecule has 0 spiro atoms. The van der Waals surface area contributed by atoms with Gasteiger partial charge < -0.3 is 9.80 Å². The molecule has 1 aromatic rings. The number of piperidine rings is 2. The average Bonchev–Trinajstić information content (AvgIpc) is 2.68. The molecule has 3 rings (SSSR count). The van der Waals surface area contributed by atoms with Gasteiger partial charge in [-0.15, -0.1) is 0 Å². The lowest BCUT2D eigenvalue weighted by atomic mass is 9.96. The third kappa shape index (κ3) is 4.65. The summed E-state index contributed by atoms with van der Waals surface area (Å²) in [7, 11) is 0.478. The minimum Gasteiger partial charge on any atom is -0.341 e. The Kier molecular flexibility index (Phi) is 6.46. The summed E-state index contributed by atoms with van der Waals surface area (Å²) in [6, 6.07) is 6.58. The zero-order valence-corrected chi connectivity index (χ0v) is 17.5. The summed E-state index contributed by atoms with van der Waals surface area (Å²) in [5, 5.41) is 0.501. The van der Waals surface area contributed by atoms with Crippen molar-refractivity contribution in [2.45, 2.75) is 36.6 Å². The number of amides is 1. The highest BCUT2D eigenvalue weighted by molar-refractivity contribution is 7.89. The minimum absolute atomic E-state index is 0.0950. The van der Waals surface area contributed by atoms with Gasteiger partial charge in [-0.2, -0.15) is 4.31 Å². The summed E-state index contributed by atoms with van der Waals surface area (Å²) in [6.07, 6.45) is 3.54. The number of halogens is 1. The van der Waals surface area contributed by atoms with Gasteiger partial charge in [0.25, 0.3) is 0 Å². The van der Waals surface area contributed by atoms with E-state index in [-0.39, 0.29) is 23.3 Å². The van der Waals surface area contributed by atoms with Crippen LogP contribution in [0.2, 0.25) is 5.02 Å². The number of benzene rings is 1. The van der Waals surface area contributed by atoms with E-state index in [0.717, 1.165) is 32.4 Å². The molecule has 2 aliphatic heterocycles. The number of hydrogen-bond donors (Lipinski definition) is 0. The van der Waals surface area contributed by atoms with Crippen molar-refractivity contribution in [2.75, 3.05) is 40.3 Å². The van der Waals surface area contributed by atoms with Crippen LogP contribution in [0.15, 0.2) is 29.2 Å². The first-order chi connectivity index (χ1) is 12.8. The molecule has 0 saturated carbocycles. The van der Waals surface area contributed by atoms with Crippen LogP contribution in [-0.2, 0) is 14.8 Å². The molecular formula is C19H28ClN3O3S. The Morgan fingerprint density at radius 3 is 2.41 bits per heavy atom. The van der Waals surface area contributed by atoms with Crippen molar-refractivity contribution in [1.29, 1.82) is 0 Å². The van der Waals surface area contributed by atoms with Gasteiger partial charge in [-0.05, 0) is 64.0 Å². The lowest BCUT2D eigenvalue weighted by molar-refractivity contribution is -0.138. The van der Waals surface area contributed by atoms with Crippen LogP contribution >= 0.6 is 11.6 Å². The molecule has 8 heteroatoms. The molecule has 2 saturated heterocycles. The number of hydrogen-bond acceptors (Lipinski definition) is 4. The zero-order chi connectivity index (χ0) is 19.6. The number of likely N-dealkylation sites (N-methyl/N-ethyl adjacent to an activating group) is 1. The smallest absolute Gasteiger partial charge is 0.243 e. The largest absolute Gasteiger partial charge is 0.341 e. The van der Waals surface area contributed by atoms with Gasteiger partial charge in [0.05, 0.1) is 10.8 Å². The molecule has 0 radical (unpaired) electrons. The van der Waals surface area contributed by atoms with E-state index in [0.29, 0.717) is 24.0 Å². The summed E-state index contributed by atoms with van der Waals surface area (Å²) in [6.45, 7) is 2.21. The predicted molar refractivity (Wildman–Crippen MR) is 106 cm³/mol. The number of sulfonamides is 1. The SMILES string of the molecule is CN(C)C1CCCN(C(=O)C2CCCN(S(=O)(=O)c3ccc(Cl)cc3)C2)C1. The van der Waals surface area contributed by atoms with Crippen molar-refractivity contribution in [3.8, 4) is 0 Å². The van der Waals surface area contributed by atoms with E-state index < -0.39 is 10.0 Å². The average molecular weight is 414 g/mol. The van der Waals surface area contributed by atoms with E-state index in [2.05, 4.69) is 4.90 Å². The molecule has 2 heterocycles. The number of nitrogens with zero attached hydrogens (tertiary/aromatic N) is 3. The van der Waals surface area contributed by atoms with Gasteiger partial charge in [0, 0.05) is 37.2 Å². The third-order valence-corrected chi connectivity index (χ3v) is 7.75. The number of carbonyl (C=O) groups excluding carboxylic acids is 1. The monoisotopic (exact) mass is 413 g/mol. The Bertz CT molecular complexity index is 767. The fraction of sp³-hybridized carbons (Fsp3) is 0.632. The maximum Gasteiger partial charge on any atom is 0.243 e. The van der Waals surface area contributed by atoms with Gasteiger partial charge in [0.15, 0.2) is 0 Å². The van der Waals surface area contributed by atoms with Gasteiger partial charge in [0.2, 0.25) is 15.9 Å². The Labute approximate surface area is 167 Å². The van der Waals surface area contributed by atoms with E-state index in [1.165, 1.54) is 16.4 Å². The quantitative estimate of drug-likeness (QED) is 0.759. The molecule has 0 aliphatic carbocycles. The third-order valence-electron chi connectivity index (χ3n) is 5.62. The number of carbonyl (C=O) groups is 1. The van der Waals surface area contributed by atoms with E-state index in [4.69, 9.17) is 11.6 Å². The molecule has 1 aromatic carbocycles. The highest BCUT2D eigenvalue weighted by Crippen LogP contribution is 2.27. The minimum atomic E-state index is -3.60. The summed E-state index contributed by atoms with van der Waals surface area (Å²) in [5.74, 6) is -0.167. The normalized spacial score (nSPS) is 25.0. The molecule has 2 unspecified atom stereocenters. The second-order valence-electron chi connectivity index (χ2n) is 7.70. The highest BCUT2D eigenvalue weighted by Gasteiger charge is 2.36. The molecule has 0 aromatic heterocycles. The molecule has 2 aliphatic rings. The first-order valence-electron chi connectivity index (χ1n) is 9.50. The number of likely N-dealkylation sites (tertiary alicyclic amines) is 1. The Morgan fingerprint density at radius 2 is 1.74 bits per heavy atom. The first-order valence-corrected chi connectivity index (χ1v) is 11.3. The van der Waals surface area contributed by atoms with Crippen LogP contribution in [0.25, 0.3) is 0 Å². The van der Waals surface area contributed by atoms with E-state index in [1.807, 2.05) is 19.0 Å². The van der Waals surface area contributed by atoms with Gasteiger partial charge in [-0.3, -0.25) is 4.79 Å². The first kappa shape index (κ1) is 20.6. The second kappa shape index (κ2) is 8.47. The number of rotatable bonds is 4. The lowest BCUT2D eigenvalue weighted by Crippen LogP contribution is -2.52. The van der Waals surface area contributed by atoms with E-state index in [1.54, 1.807) is 12.1 Å². The summed E-state index contributed by atoms with van der Waals surface area (Å²) < 4.78 is 27.3. The topological polar surface area (TPSA) is 60.9 Å². The maximum atomic E-state index is 13.0. The summed E-state index contributed by atoms with van der Waals surface area (Å²) in [4.78, 5) is 17.4. The fourth-order valence-electron chi connectivity index (χ4n) is 3.95. The molecule has 1 amide bonds. The van der Waals surface area contributed by atoms with Crippen LogP contribution in [0.4, 0.5) is 0 Å². The van der Waals surface area contributed by atoms with Crippen molar-refractivity contribution < 1.29 is 13.2 Å².